The highest BCUT2D eigenvalue weighted by atomic mass is 19.4. The van der Waals surface area contributed by atoms with Gasteiger partial charge in [-0.15, -0.1) is 13.2 Å². The summed E-state index contributed by atoms with van der Waals surface area (Å²) in [5.41, 5.74) is 1.87. The summed E-state index contributed by atoms with van der Waals surface area (Å²) in [6, 6.07) is 5.68. The molecule has 1 atom stereocenters. The molecular formula is C21H19F3N6O4. The van der Waals surface area contributed by atoms with Crippen molar-refractivity contribution in [1.82, 2.24) is 24.4 Å². The second kappa shape index (κ2) is 7.94. The number of fused-ring (bicyclic) bond motifs is 2. The zero-order chi connectivity index (χ0) is 24.1. The molecule has 13 heteroatoms. The maximum atomic E-state index is 12.3. The smallest absolute Gasteiger partial charge is 0.436 e. The molecular weight excluding hydrogens is 457 g/mol. The number of ether oxygens (including phenoxy) is 2. The van der Waals surface area contributed by atoms with Gasteiger partial charge in [0.15, 0.2) is 5.82 Å². The third-order valence-corrected chi connectivity index (χ3v) is 5.67. The van der Waals surface area contributed by atoms with E-state index in [1.807, 2.05) is 6.92 Å². The molecule has 5 rings (SSSR count). The molecule has 178 valence electrons. The van der Waals surface area contributed by atoms with Crippen LogP contribution in [0.2, 0.25) is 0 Å². The molecule has 0 unspecified atom stereocenters. The largest absolute Gasteiger partial charge is 0.573 e. The van der Waals surface area contributed by atoms with E-state index in [1.54, 1.807) is 10.8 Å². The lowest BCUT2D eigenvalue weighted by molar-refractivity contribution is -0.389. The lowest BCUT2D eigenvalue weighted by Gasteiger charge is -2.33. The fraction of sp³-hybridized carbons (Fsp3) is 0.381. The van der Waals surface area contributed by atoms with E-state index in [1.165, 1.54) is 30.5 Å². The van der Waals surface area contributed by atoms with Gasteiger partial charge in [-0.1, -0.05) is 0 Å². The van der Waals surface area contributed by atoms with Crippen LogP contribution in [0.4, 0.5) is 19.0 Å². The van der Waals surface area contributed by atoms with Crippen LogP contribution in [0.15, 0.2) is 36.7 Å². The van der Waals surface area contributed by atoms with Gasteiger partial charge >= 0.3 is 18.2 Å². The van der Waals surface area contributed by atoms with Crippen LogP contribution in [0.3, 0.4) is 0 Å². The number of hydrogen-bond acceptors (Lipinski definition) is 8. The summed E-state index contributed by atoms with van der Waals surface area (Å²) >= 11 is 0. The van der Waals surface area contributed by atoms with E-state index in [0.29, 0.717) is 37.4 Å². The maximum Gasteiger partial charge on any atom is 0.573 e. The van der Waals surface area contributed by atoms with Gasteiger partial charge in [-0.25, -0.2) is 9.97 Å². The zero-order valence-electron chi connectivity index (χ0n) is 17.9. The van der Waals surface area contributed by atoms with Crippen molar-refractivity contribution < 1.29 is 27.6 Å². The minimum atomic E-state index is -4.74. The standard InChI is InChI=1S/C21H19F3N6O4/c1-20(12-29-10-17(30(31)32)27-19(29)34-20)11-28-7-6-16-14(9-28)8-25-18(26-16)13-2-4-15(5-3-13)33-21(22,23)24/h2-5,8,10H,6-7,9,11-12H2,1H3/t20-/m0/s1. The SMILES string of the molecule is C[C@]1(CN2CCc3nc(-c4ccc(OC(F)(F)F)cc4)ncc3C2)Cn2cc([N+](=O)[O-])nc2O1. The second-order valence-corrected chi connectivity index (χ2v) is 8.52. The molecule has 0 saturated carbocycles. The highest BCUT2D eigenvalue weighted by molar-refractivity contribution is 5.56. The molecule has 1 aromatic carbocycles. The van der Waals surface area contributed by atoms with E-state index >= 15 is 0 Å². The molecule has 2 aromatic heterocycles. The molecule has 34 heavy (non-hydrogen) atoms. The second-order valence-electron chi connectivity index (χ2n) is 8.52. The van der Waals surface area contributed by atoms with Gasteiger partial charge in [0.1, 0.15) is 17.5 Å². The van der Waals surface area contributed by atoms with E-state index in [0.717, 1.165) is 17.8 Å². The van der Waals surface area contributed by atoms with Crippen molar-refractivity contribution >= 4 is 5.82 Å². The first-order chi connectivity index (χ1) is 16.1. The summed E-state index contributed by atoms with van der Waals surface area (Å²) in [6.07, 6.45) is -0.958. The van der Waals surface area contributed by atoms with E-state index in [2.05, 4.69) is 24.6 Å². The van der Waals surface area contributed by atoms with Gasteiger partial charge in [0, 0.05) is 48.4 Å². The Morgan fingerprint density at radius 3 is 2.71 bits per heavy atom. The van der Waals surface area contributed by atoms with Crippen LogP contribution in [0, 0.1) is 10.1 Å². The molecule has 0 saturated heterocycles. The predicted octanol–water partition coefficient (Wildman–Crippen LogP) is 3.36. The average molecular weight is 476 g/mol. The summed E-state index contributed by atoms with van der Waals surface area (Å²) in [6.45, 7) is 4.31. The topological polar surface area (TPSA) is 108 Å². The van der Waals surface area contributed by atoms with Crippen molar-refractivity contribution in [2.75, 3.05) is 13.1 Å². The van der Waals surface area contributed by atoms with Crippen molar-refractivity contribution in [1.29, 1.82) is 0 Å². The van der Waals surface area contributed by atoms with Gasteiger partial charge in [-0.2, -0.15) is 0 Å². The number of nitrogens with zero attached hydrogens (tertiary/aromatic N) is 6. The van der Waals surface area contributed by atoms with Crippen LogP contribution < -0.4 is 9.47 Å². The third-order valence-electron chi connectivity index (χ3n) is 5.67. The Labute approximate surface area is 191 Å². The Hall–Kier alpha value is -3.74. The number of nitro groups is 1. The normalized spacial score (nSPS) is 19.9. The Morgan fingerprint density at radius 2 is 2.03 bits per heavy atom. The zero-order valence-corrected chi connectivity index (χ0v) is 17.9. The van der Waals surface area contributed by atoms with E-state index < -0.39 is 16.9 Å². The molecule has 2 aliphatic rings. The Morgan fingerprint density at radius 1 is 1.26 bits per heavy atom. The summed E-state index contributed by atoms with van der Waals surface area (Å²) in [7, 11) is 0. The first-order valence-corrected chi connectivity index (χ1v) is 10.4. The van der Waals surface area contributed by atoms with Crippen molar-refractivity contribution in [2.24, 2.45) is 0 Å². The monoisotopic (exact) mass is 476 g/mol. The van der Waals surface area contributed by atoms with Crippen LogP contribution in [-0.2, 0) is 19.5 Å². The Balaban J connectivity index is 1.24. The summed E-state index contributed by atoms with van der Waals surface area (Å²) < 4.78 is 48.5. The molecule has 0 bridgehead atoms. The van der Waals surface area contributed by atoms with E-state index in [4.69, 9.17) is 4.74 Å². The molecule has 0 fully saturated rings. The number of benzene rings is 1. The first-order valence-electron chi connectivity index (χ1n) is 10.4. The van der Waals surface area contributed by atoms with Crippen molar-refractivity contribution in [3.63, 3.8) is 0 Å². The highest BCUT2D eigenvalue weighted by Gasteiger charge is 2.42. The molecule has 0 spiro atoms. The van der Waals surface area contributed by atoms with Crippen LogP contribution >= 0.6 is 0 Å². The fourth-order valence-electron chi connectivity index (χ4n) is 4.29. The lowest BCUT2D eigenvalue weighted by Crippen LogP contribution is -2.46. The summed E-state index contributed by atoms with van der Waals surface area (Å²) in [5.74, 6) is -0.104. The minimum absolute atomic E-state index is 0.237. The van der Waals surface area contributed by atoms with Gasteiger partial charge < -0.3 is 19.6 Å². The van der Waals surface area contributed by atoms with Gasteiger partial charge in [-0.05, 0) is 36.1 Å². The number of alkyl halides is 3. The van der Waals surface area contributed by atoms with Gasteiger partial charge in [0.2, 0.25) is 0 Å². The van der Waals surface area contributed by atoms with Gasteiger partial charge in [0.25, 0.3) is 0 Å². The number of imidazole rings is 1. The van der Waals surface area contributed by atoms with E-state index in [9.17, 15) is 23.3 Å². The molecule has 4 heterocycles. The average Bonchev–Trinajstić information content (AvgIpc) is 3.28. The van der Waals surface area contributed by atoms with E-state index in [-0.39, 0.29) is 17.6 Å². The minimum Gasteiger partial charge on any atom is -0.436 e. The summed E-state index contributed by atoms with van der Waals surface area (Å²) in [5, 5.41) is 10.9. The number of halogens is 3. The lowest BCUT2D eigenvalue weighted by atomic mass is 10.0. The molecule has 3 aromatic rings. The maximum absolute atomic E-state index is 12.3. The van der Waals surface area contributed by atoms with Crippen LogP contribution in [0.25, 0.3) is 11.4 Å². The number of aromatic nitrogens is 4. The fourth-order valence-corrected chi connectivity index (χ4v) is 4.29. The van der Waals surface area contributed by atoms with Crippen molar-refractivity contribution in [3.05, 3.63) is 58.0 Å². The number of hydrogen-bond donors (Lipinski definition) is 0. The molecule has 0 N–H and O–H groups in total. The quantitative estimate of drug-likeness (QED) is 0.408. The van der Waals surface area contributed by atoms with Crippen molar-refractivity contribution in [2.45, 2.75) is 38.4 Å². The summed E-state index contributed by atoms with van der Waals surface area (Å²) in [4.78, 5) is 25.5. The van der Waals surface area contributed by atoms with Crippen LogP contribution in [0.1, 0.15) is 18.2 Å². The van der Waals surface area contributed by atoms with Gasteiger partial charge in [-0.3, -0.25) is 9.47 Å². The molecule has 0 amide bonds. The van der Waals surface area contributed by atoms with Crippen LogP contribution in [0.5, 0.6) is 11.8 Å². The first kappa shape index (κ1) is 22.1. The predicted molar refractivity (Wildman–Crippen MR) is 111 cm³/mol. The van der Waals surface area contributed by atoms with Gasteiger partial charge in [0.05, 0.1) is 12.2 Å². The molecule has 2 aliphatic heterocycles. The van der Waals surface area contributed by atoms with Crippen LogP contribution in [-0.4, -0.2) is 54.4 Å². The highest BCUT2D eigenvalue weighted by Crippen LogP contribution is 2.33. The van der Waals surface area contributed by atoms with Crippen molar-refractivity contribution in [3.8, 4) is 23.1 Å². The Bertz CT molecular complexity index is 1220. The third kappa shape index (κ3) is 4.51. The molecule has 0 radical (unpaired) electrons. The molecule has 0 aliphatic carbocycles. The Kier molecular flexibility index (Phi) is 5.15. The number of rotatable bonds is 5. The molecule has 10 nitrogen and oxygen atoms in total.